The Morgan fingerprint density at radius 1 is 1.10 bits per heavy atom. The van der Waals surface area contributed by atoms with Crippen molar-refractivity contribution in [3.05, 3.63) is 59.2 Å². The Kier molecular flexibility index (Phi) is 2.99. The molecular formula is C16H12ClNO2. The summed E-state index contributed by atoms with van der Waals surface area (Å²) in [6, 6.07) is 15.0. The Labute approximate surface area is 121 Å². The minimum atomic E-state index is -0.943. The maximum absolute atomic E-state index is 11.5. The maximum atomic E-state index is 11.5. The number of hydrogen-bond donors (Lipinski definition) is 1. The van der Waals surface area contributed by atoms with Crippen molar-refractivity contribution in [2.75, 3.05) is 0 Å². The first-order valence-electron chi connectivity index (χ1n) is 6.16. The number of aromatic nitrogens is 1. The largest absolute Gasteiger partial charge is 0.477 e. The van der Waals surface area contributed by atoms with E-state index in [1.807, 2.05) is 36.4 Å². The highest BCUT2D eigenvalue weighted by Crippen LogP contribution is 2.34. The number of carboxylic acid groups (broad SMARTS) is 1. The fourth-order valence-electron chi connectivity index (χ4n) is 2.60. The van der Waals surface area contributed by atoms with E-state index < -0.39 is 5.97 Å². The minimum absolute atomic E-state index is 0.274. The molecule has 0 aliphatic heterocycles. The van der Waals surface area contributed by atoms with Crippen molar-refractivity contribution in [1.29, 1.82) is 0 Å². The second-order valence-corrected chi connectivity index (χ2v) is 5.05. The van der Waals surface area contributed by atoms with E-state index in [-0.39, 0.29) is 5.69 Å². The molecule has 3 nitrogen and oxygen atoms in total. The van der Waals surface area contributed by atoms with E-state index in [0.717, 1.165) is 16.6 Å². The van der Waals surface area contributed by atoms with Crippen LogP contribution >= 0.6 is 11.6 Å². The zero-order valence-electron chi connectivity index (χ0n) is 10.8. The van der Waals surface area contributed by atoms with Crippen LogP contribution in [0.3, 0.4) is 0 Å². The summed E-state index contributed by atoms with van der Waals surface area (Å²) >= 11 is 6.06. The summed E-state index contributed by atoms with van der Waals surface area (Å²) in [6.07, 6.45) is 0. The molecule has 0 saturated heterocycles. The van der Waals surface area contributed by atoms with E-state index in [9.17, 15) is 9.90 Å². The Morgan fingerprint density at radius 2 is 1.80 bits per heavy atom. The summed E-state index contributed by atoms with van der Waals surface area (Å²) in [5.74, 6) is -0.943. The number of nitrogens with zero attached hydrogens (tertiary/aromatic N) is 1. The van der Waals surface area contributed by atoms with Crippen molar-refractivity contribution in [1.82, 2.24) is 4.57 Å². The zero-order valence-corrected chi connectivity index (χ0v) is 11.6. The van der Waals surface area contributed by atoms with Crippen LogP contribution in [0.15, 0.2) is 48.5 Å². The molecule has 2 aromatic carbocycles. The third-order valence-corrected chi connectivity index (χ3v) is 3.65. The van der Waals surface area contributed by atoms with Crippen molar-refractivity contribution in [3.63, 3.8) is 0 Å². The van der Waals surface area contributed by atoms with E-state index in [1.54, 1.807) is 23.7 Å². The molecule has 0 amide bonds. The highest BCUT2D eigenvalue weighted by molar-refractivity contribution is 6.31. The molecule has 0 spiro atoms. The van der Waals surface area contributed by atoms with Gasteiger partial charge in [0.15, 0.2) is 0 Å². The highest BCUT2D eigenvalue weighted by atomic mass is 35.5. The van der Waals surface area contributed by atoms with E-state index in [4.69, 9.17) is 11.6 Å². The standard InChI is InChI=1S/C16H12ClNO2/c1-18-14(10-5-3-2-4-6-10)13-9-11(17)7-8-12(13)15(18)16(19)20/h2-9H,1H3,(H,19,20). The number of carboxylic acids is 1. The van der Waals surface area contributed by atoms with Crippen LogP contribution in [-0.4, -0.2) is 15.6 Å². The lowest BCUT2D eigenvalue weighted by Crippen LogP contribution is -2.05. The van der Waals surface area contributed by atoms with Crippen molar-refractivity contribution in [2.24, 2.45) is 7.05 Å². The molecule has 1 aromatic heterocycles. The summed E-state index contributed by atoms with van der Waals surface area (Å²) in [5, 5.41) is 11.6. The van der Waals surface area contributed by atoms with Crippen LogP contribution in [0.25, 0.3) is 22.0 Å². The summed E-state index contributed by atoms with van der Waals surface area (Å²) in [6.45, 7) is 0. The molecular weight excluding hydrogens is 274 g/mol. The predicted octanol–water partition coefficient (Wildman–Crippen LogP) is 4.20. The molecule has 0 saturated carbocycles. The van der Waals surface area contributed by atoms with Gasteiger partial charge in [0.05, 0.1) is 5.69 Å². The molecule has 0 radical (unpaired) electrons. The van der Waals surface area contributed by atoms with Gasteiger partial charge in [-0.2, -0.15) is 0 Å². The van der Waals surface area contributed by atoms with Gasteiger partial charge < -0.3 is 9.67 Å². The molecule has 100 valence electrons. The van der Waals surface area contributed by atoms with Crippen molar-refractivity contribution >= 4 is 28.3 Å². The van der Waals surface area contributed by atoms with Gasteiger partial charge in [0.2, 0.25) is 0 Å². The lowest BCUT2D eigenvalue weighted by molar-refractivity contribution is 0.0689. The first-order valence-corrected chi connectivity index (χ1v) is 6.54. The summed E-state index contributed by atoms with van der Waals surface area (Å²) in [7, 11) is 1.76. The van der Waals surface area contributed by atoms with Crippen LogP contribution in [0.5, 0.6) is 0 Å². The number of carbonyl (C=O) groups is 1. The quantitative estimate of drug-likeness (QED) is 0.767. The molecule has 0 fully saturated rings. The second kappa shape index (κ2) is 4.69. The average Bonchev–Trinajstić information content (AvgIpc) is 2.71. The average molecular weight is 286 g/mol. The Balaban J connectivity index is 2.45. The molecule has 0 aliphatic carbocycles. The van der Waals surface area contributed by atoms with E-state index in [2.05, 4.69) is 0 Å². The molecule has 3 aromatic rings. The lowest BCUT2D eigenvalue weighted by atomic mass is 10.1. The summed E-state index contributed by atoms with van der Waals surface area (Å²) < 4.78 is 1.71. The number of aromatic carboxylic acids is 1. The number of rotatable bonds is 2. The Morgan fingerprint density at radius 3 is 2.45 bits per heavy atom. The van der Waals surface area contributed by atoms with E-state index >= 15 is 0 Å². The third kappa shape index (κ3) is 1.87. The first-order chi connectivity index (χ1) is 9.59. The molecule has 0 unspecified atom stereocenters. The van der Waals surface area contributed by atoms with Gasteiger partial charge in [0.1, 0.15) is 5.69 Å². The van der Waals surface area contributed by atoms with Crippen LogP contribution in [-0.2, 0) is 7.05 Å². The van der Waals surface area contributed by atoms with E-state index in [1.165, 1.54) is 0 Å². The topological polar surface area (TPSA) is 42.2 Å². The second-order valence-electron chi connectivity index (χ2n) is 4.62. The van der Waals surface area contributed by atoms with Crippen LogP contribution < -0.4 is 0 Å². The minimum Gasteiger partial charge on any atom is -0.477 e. The number of hydrogen-bond acceptors (Lipinski definition) is 1. The fourth-order valence-corrected chi connectivity index (χ4v) is 2.77. The molecule has 4 heteroatoms. The summed E-state index contributed by atoms with van der Waals surface area (Å²) in [5.41, 5.74) is 2.10. The molecule has 1 heterocycles. The maximum Gasteiger partial charge on any atom is 0.353 e. The third-order valence-electron chi connectivity index (χ3n) is 3.41. The Hall–Kier alpha value is -2.26. The van der Waals surface area contributed by atoms with Gasteiger partial charge in [-0.05, 0) is 17.7 Å². The van der Waals surface area contributed by atoms with Crippen LogP contribution in [0, 0.1) is 0 Å². The van der Waals surface area contributed by atoms with Gasteiger partial charge in [0.25, 0.3) is 0 Å². The van der Waals surface area contributed by atoms with Gasteiger partial charge in [-0.25, -0.2) is 4.79 Å². The molecule has 0 bridgehead atoms. The van der Waals surface area contributed by atoms with Crippen molar-refractivity contribution in [3.8, 4) is 11.3 Å². The number of halogens is 1. The van der Waals surface area contributed by atoms with Crippen LogP contribution in [0.1, 0.15) is 10.5 Å². The van der Waals surface area contributed by atoms with E-state index in [0.29, 0.717) is 10.4 Å². The molecule has 0 aliphatic rings. The molecule has 3 rings (SSSR count). The summed E-state index contributed by atoms with van der Waals surface area (Å²) in [4.78, 5) is 11.5. The van der Waals surface area contributed by atoms with Crippen LogP contribution in [0.2, 0.25) is 5.02 Å². The fraction of sp³-hybridized carbons (Fsp3) is 0.0625. The number of benzene rings is 2. The van der Waals surface area contributed by atoms with Gasteiger partial charge >= 0.3 is 5.97 Å². The predicted molar refractivity (Wildman–Crippen MR) is 80.3 cm³/mol. The van der Waals surface area contributed by atoms with Crippen LogP contribution in [0.4, 0.5) is 0 Å². The monoisotopic (exact) mass is 285 g/mol. The van der Waals surface area contributed by atoms with Gasteiger partial charge in [-0.3, -0.25) is 0 Å². The first kappa shape index (κ1) is 12.8. The van der Waals surface area contributed by atoms with Gasteiger partial charge in [-0.1, -0.05) is 48.0 Å². The number of fused-ring (bicyclic) bond motifs is 1. The Bertz CT molecular complexity index is 806. The molecule has 1 N–H and O–H groups in total. The van der Waals surface area contributed by atoms with Crippen molar-refractivity contribution < 1.29 is 9.90 Å². The normalized spacial score (nSPS) is 10.9. The zero-order chi connectivity index (χ0) is 14.3. The SMILES string of the molecule is Cn1c(C(=O)O)c2ccc(Cl)cc2c1-c1ccccc1. The smallest absolute Gasteiger partial charge is 0.353 e. The molecule has 20 heavy (non-hydrogen) atoms. The lowest BCUT2D eigenvalue weighted by Gasteiger charge is -2.05. The highest BCUT2D eigenvalue weighted by Gasteiger charge is 2.20. The molecule has 0 atom stereocenters. The van der Waals surface area contributed by atoms with Gasteiger partial charge in [0, 0.05) is 22.8 Å². The van der Waals surface area contributed by atoms with Crippen molar-refractivity contribution in [2.45, 2.75) is 0 Å². The van der Waals surface area contributed by atoms with Gasteiger partial charge in [-0.15, -0.1) is 0 Å².